The van der Waals surface area contributed by atoms with Gasteiger partial charge in [0, 0.05) is 5.54 Å². The molecule has 0 radical (unpaired) electrons. The van der Waals surface area contributed by atoms with Crippen LogP contribution < -0.4 is 11.1 Å². The first-order valence-electron chi connectivity index (χ1n) is 3.68. The van der Waals surface area contributed by atoms with Crippen molar-refractivity contribution in [2.75, 3.05) is 19.7 Å². The highest BCUT2D eigenvalue weighted by molar-refractivity contribution is 4.75. The molecule has 0 spiro atoms. The maximum absolute atomic E-state index is 8.80. The number of nitrogens with one attached hydrogen (secondary N) is 1. The Hall–Kier alpha value is -0.120. The Kier molecular flexibility index (Phi) is 4.60. The molecule has 0 bridgehead atoms. The van der Waals surface area contributed by atoms with Gasteiger partial charge in [0.2, 0.25) is 0 Å². The fourth-order valence-electron chi connectivity index (χ4n) is 0.585. The van der Waals surface area contributed by atoms with E-state index in [9.17, 15) is 0 Å². The van der Waals surface area contributed by atoms with Crippen molar-refractivity contribution >= 4 is 0 Å². The van der Waals surface area contributed by atoms with Crippen molar-refractivity contribution in [1.82, 2.24) is 5.32 Å². The first-order chi connectivity index (χ1) is 4.62. The molecule has 3 heteroatoms. The molecule has 0 amide bonds. The van der Waals surface area contributed by atoms with Crippen molar-refractivity contribution in [3.8, 4) is 0 Å². The third-order valence-electron chi connectivity index (χ3n) is 1.38. The fraction of sp³-hybridized carbons (Fsp3) is 1.00. The lowest BCUT2D eigenvalue weighted by molar-refractivity contribution is 0.189. The van der Waals surface area contributed by atoms with Gasteiger partial charge in [-0.3, -0.25) is 0 Å². The van der Waals surface area contributed by atoms with Crippen LogP contribution in [0.2, 0.25) is 0 Å². The van der Waals surface area contributed by atoms with Gasteiger partial charge in [-0.25, -0.2) is 0 Å². The molecule has 0 saturated carbocycles. The van der Waals surface area contributed by atoms with E-state index in [1.165, 1.54) is 0 Å². The predicted octanol–water partition coefficient (Wildman–Crippen LogP) is -0.304. The second-order valence-electron chi connectivity index (χ2n) is 3.11. The third kappa shape index (κ3) is 4.73. The van der Waals surface area contributed by atoms with E-state index >= 15 is 0 Å². The zero-order valence-electron chi connectivity index (χ0n) is 6.85. The predicted molar refractivity (Wildman–Crippen MR) is 42.8 cm³/mol. The van der Waals surface area contributed by atoms with E-state index < -0.39 is 0 Å². The first-order valence-corrected chi connectivity index (χ1v) is 3.68. The zero-order valence-corrected chi connectivity index (χ0v) is 6.85. The van der Waals surface area contributed by atoms with Gasteiger partial charge in [-0.2, -0.15) is 0 Å². The van der Waals surface area contributed by atoms with Crippen molar-refractivity contribution in [3.63, 3.8) is 0 Å². The Morgan fingerprint density at radius 1 is 1.50 bits per heavy atom. The summed E-state index contributed by atoms with van der Waals surface area (Å²) in [5.74, 6) is 0. The molecule has 0 unspecified atom stereocenters. The van der Waals surface area contributed by atoms with Gasteiger partial charge in [0.25, 0.3) is 0 Å². The minimum Gasteiger partial charge on any atom is -0.394 e. The van der Waals surface area contributed by atoms with Crippen molar-refractivity contribution in [2.24, 2.45) is 5.73 Å². The molecule has 0 rings (SSSR count). The molecule has 3 nitrogen and oxygen atoms in total. The summed E-state index contributed by atoms with van der Waals surface area (Å²) in [7, 11) is 0. The first kappa shape index (κ1) is 9.88. The second-order valence-corrected chi connectivity index (χ2v) is 3.11. The topological polar surface area (TPSA) is 58.3 Å². The third-order valence-corrected chi connectivity index (χ3v) is 1.38. The molecule has 0 aromatic carbocycles. The van der Waals surface area contributed by atoms with E-state index in [0.717, 1.165) is 13.0 Å². The van der Waals surface area contributed by atoms with Gasteiger partial charge in [-0.05, 0) is 33.4 Å². The summed E-state index contributed by atoms with van der Waals surface area (Å²) in [4.78, 5) is 0. The Bertz CT molecular complexity index is 83.7. The molecule has 0 heterocycles. The lowest BCUT2D eigenvalue weighted by Gasteiger charge is -2.23. The summed E-state index contributed by atoms with van der Waals surface area (Å²) < 4.78 is 0. The van der Waals surface area contributed by atoms with E-state index in [4.69, 9.17) is 10.8 Å². The Morgan fingerprint density at radius 2 is 2.10 bits per heavy atom. The highest BCUT2D eigenvalue weighted by Crippen LogP contribution is 1.98. The summed E-state index contributed by atoms with van der Waals surface area (Å²) in [6.45, 7) is 5.67. The lowest BCUT2D eigenvalue weighted by atomic mass is 10.1. The van der Waals surface area contributed by atoms with Crippen LogP contribution in [-0.2, 0) is 0 Å². The molecule has 0 fully saturated rings. The van der Waals surface area contributed by atoms with Crippen LogP contribution >= 0.6 is 0 Å². The van der Waals surface area contributed by atoms with E-state index in [1.54, 1.807) is 0 Å². The van der Waals surface area contributed by atoms with Crippen LogP contribution in [0.15, 0.2) is 0 Å². The maximum atomic E-state index is 8.80. The summed E-state index contributed by atoms with van der Waals surface area (Å²) in [6.07, 6.45) is 0.962. The standard InChI is InChI=1S/C7H18N2O/c1-7(2,6-10)9-5-3-4-8/h9-10H,3-6,8H2,1-2H3. The quantitative estimate of drug-likeness (QED) is 0.467. The van der Waals surface area contributed by atoms with Crippen LogP contribution in [0.5, 0.6) is 0 Å². The number of nitrogens with two attached hydrogens (primary N) is 1. The van der Waals surface area contributed by atoms with Crippen LogP contribution in [0.1, 0.15) is 20.3 Å². The van der Waals surface area contributed by atoms with E-state index in [2.05, 4.69) is 5.32 Å². The number of aliphatic hydroxyl groups is 1. The molecule has 0 aliphatic carbocycles. The van der Waals surface area contributed by atoms with Gasteiger partial charge < -0.3 is 16.2 Å². The van der Waals surface area contributed by atoms with Gasteiger partial charge in [0.15, 0.2) is 0 Å². The van der Waals surface area contributed by atoms with Gasteiger partial charge in [0.05, 0.1) is 6.61 Å². The summed E-state index contributed by atoms with van der Waals surface area (Å²) in [6, 6.07) is 0. The fourth-order valence-corrected chi connectivity index (χ4v) is 0.585. The Morgan fingerprint density at radius 3 is 2.50 bits per heavy atom. The van der Waals surface area contributed by atoms with Crippen molar-refractivity contribution < 1.29 is 5.11 Å². The normalized spacial score (nSPS) is 12.0. The van der Waals surface area contributed by atoms with E-state index in [1.807, 2.05) is 13.8 Å². The zero-order chi connectivity index (χ0) is 8.04. The van der Waals surface area contributed by atoms with Crippen molar-refractivity contribution in [3.05, 3.63) is 0 Å². The van der Waals surface area contributed by atoms with Crippen LogP contribution in [0, 0.1) is 0 Å². The van der Waals surface area contributed by atoms with Crippen molar-refractivity contribution in [1.29, 1.82) is 0 Å². The van der Waals surface area contributed by atoms with Crippen molar-refractivity contribution in [2.45, 2.75) is 25.8 Å². The van der Waals surface area contributed by atoms with Crippen LogP contribution in [0.25, 0.3) is 0 Å². The number of hydrogen-bond acceptors (Lipinski definition) is 3. The maximum Gasteiger partial charge on any atom is 0.0607 e. The highest BCUT2D eigenvalue weighted by atomic mass is 16.3. The molecule has 62 valence electrons. The van der Waals surface area contributed by atoms with E-state index in [0.29, 0.717) is 6.54 Å². The van der Waals surface area contributed by atoms with E-state index in [-0.39, 0.29) is 12.1 Å². The highest BCUT2D eigenvalue weighted by Gasteiger charge is 2.13. The lowest BCUT2D eigenvalue weighted by Crippen LogP contribution is -2.43. The molecule has 0 atom stereocenters. The second kappa shape index (κ2) is 4.66. The number of hydrogen-bond donors (Lipinski definition) is 3. The molecule has 10 heavy (non-hydrogen) atoms. The average Bonchev–Trinajstić information content (AvgIpc) is 1.89. The summed E-state index contributed by atoms with van der Waals surface area (Å²) in [5.41, 5.74) is 5.14. The smallest absolute Gasteiger partial charge is 0.0607 e. The van der Waals surface area contributed by atoms with Crippen LogP contribution in [-0.4, -0.2) is 30.3 Å². The molecular formula is C7H18N2O. The monoisotopic (exact) mass is 146 g/mol. The molecule has 4 N–H and O–H groups in total. The number of rotatable bonds is 5. The molecule has 0 saturated heterocycles. The Labute approximate surface area is 62.6 Å². The molecular weight excluding hydrogens is 128 g/mol. The summed E-state index contributed by atoms with van der Waals surface area (Å²) >= 11 is 0. The Balaban J connectivity index is 3.28. The number of aliphatic hydroxyl groups excluding tert-OH is 1. The molecule has 0 aliphatic heterocycles. The van der Waals surface area contributed by atoms with Gasteiger partial charge in [0.1, 0.15) is 0 Å². The van der Waals surface area contributed by atoms with Crippen LogP contribution in [0.3, 0.4) is 0 Å². The minimum atomic E-state index is -0.158. The summed E-state index contributed by atoms with van der Waals surface area (Å²) in [5, 5.41) is 12.0. The minimum absolute atomic E-state index is 0.158. The molecule has 0 aromatic heterocycles. The van der Waals surface area contributed by atoms with Gasteiger partial charge in [-0.1, -0.05) is 0 Å². The molecule has 0 aliphatic rings. The SMILES string of the molecule is CC(C)(CO)NCCCN. The average molecular weight is 146 g/mol. The van der Waals surface area contributed by atoms with Crippen LogP contribution in [0.4, 0.5) is 0 Å². The molecule has 0 aromatic rings. The van der Waals surface area contributed by atoms with Gasteiger partial charge >= 0.3 is 0 Å². The van der Waals surface area contributed by atoms with Gasteiger partial charge in [-0.15, -0.1) is 0 Å². The largest absolute Gasteiger partial charge is 0.394 e.